The normalized spacial score (nSPS) is 21.3. The van der Waals surface area contributed by atoms with Crippen molar-refractivity contribution in [3.8, 4) is 11.5 Å². The SMILES string of the molecule is O=C1NC[C@H]2CN(Cc3cccc(Oc4ccccc4)c3)C[C@@H]12.O=CO. The molecule has 0 radical (unpaired) electrons. The number of ether oxygens (including phenoxy) is 1. The van der Waals surface area contributed by atoms with Crippen molar-refractivity contribution < 1.29 is 19.4 Å². The lowest BCUT2D eigenvalue weighted by Gasteiger charge is -2.17. The Morgan fingerprint density at radius 3 is 2.58 bits per heavy atom. The Hall–Kier alpha value is -2.86. The van der Waals surface area contributed by atoms with E-state index in [1.165, 1.54) is 5.56 Å². The Bertz CT molecular complexity index is 750. The van der Waals surface area contributed by atoms with Crippen LogP contribution in [0.1, 0.15) is 5.56 Å². The number of nitrogens with one attached hydrogen (secondary N) is 1. The average Bonchev–Trinajstić information content (AvgIpc) is 3.18. The molecular weight excluding hydrogens is 332 g/mol. The highest BCUT2D eigenvalue weighted by Crippen LogP contribution is 2.29. The molecule has 0 saturated carbocycles. The quantitative estimate of drug-likeness (QED) is 0.824. The average molecular weight is 354 g/mol. The van der Waals surface area contributed by atoms with Gasteiger partial charge in [0.15, 0.2) is 0 Å². The number of hydrogen-bond donors (Lipinski definition) is 2. The zero-order chi connectivity index (χ0) is 18.4. The van der Waals surface area contributed by atoms with E-state index in [9.17, 15) is 4.79 Å². The van der Waals surface area contributed by atoms with Gasteiger partial charge in [-0.15, -0.1) is 0 Å². The van der Waals surface area contributed by atoms with Crippen LogP contribution < -0.4 is 10.1 Å². The molecule has 0 aromatic heterocycles. The molecule has 0 unspecified atom stereocenters. The smallest absolute Gasteiger partial charge is 0.290 e. The number of nitrogens with zero attached hydrogens (tertiary/aromatic N) is 1. The molecule has 2 aromatic carbocycles. The highest BCUT2D eigenvalue weighted by atomic mass is 16.5. The summed E-state index contributed by atoms with van der Waals surface area (Å²) in [6.07, 6.45) is 0. The second kappa shape index (κ2) is 8.49. The van der Waals surface area contributed by atoms with Gasteiger partial charge < -0.3 is 15.2 Å². The molecule has 2 aromatic rings. The maximum atomic E-state index is 11.8. The predicted octanol–water partition coefficient (Wildman–Crippen LogP) is 2.36. The monoisotopic (exact) mass is 354 g/mol. The maximum Gasteiger partial charge on any atom is 0.290 e. The van der Waals surface area contributed by atoms with Gasteiger partial charge in [0.2, 0.25) is 5.91 Å². The van der Waals surface area contributed by atoms with Gasteiger partial charge in [-0.2, -0.15) is 0 Å². The first kappa shape index (κ1) is 17.9. The van der Waals surface area contributed by atoms with Gasteiger partial charge in [-0.05, 0) is 29.8 Å². The van der Waals surface area contributed by atoms with Crippen LogP contribution in [0.25, 0.3) is 0 Å². The molecule has 2 heterocycles. The van der Waals surface area contributed by atoms with E-state index in [-0.39, 0.29) is 18.3 Å². The Kier molecular flexibility index (Phi) is 5.86. The van der Waals surface area contributed by atoms with Crippen LogP contribution in [0, 0.1) is 11.8 Å². The van der Waals surface area contributed by atoms with Crippen molar-refractivity contribution in [3.05, 3.63) is 60.2 Å². The molecule has 26 heavy (non-hydrogen) atoms. The molecule has 2 N–H and O–H groups in total. The molecule has 136 valence electrons. The van der Waals surface area contributed by atoms with Crippen LogP contribution in [0.5, 0.6) is 11.5 Å². The summed E-state index contributed by atoms with van der Waals surface area (Å²) in [4.78, 5) is 22.5. The van der Waals surface area contributed by atoms with Gasteiger partial charge in [0, 0.05) is 32.1 Å². The van der Waals surface area contributed by atoms with Crippen molar-refractivity contribution in [2.45, 2.75) is 6.54 Å². The molecule has 2 saturated heterocycles. The molecule has 0 spiro atoms. The van der Waals surface area contributed by atoms with Crippen LogP contribution in [0.4, 0.5) is 0 Å². The summed E-state index contributed by atoms with van der Waals surface area (Å²) in [5.74, 6) is 2.58. The van der Waals surface area contributed by atoms with Gasteiger partial charge in [0.1, 0.15) is 11.5 Å². The molecule has 0 aliphatic carbocycles. The van der Waals surface area contributed by atoms with Crippen LogP contribution in [-0.2, 0) is 16.1 Å². The van der Waals surface area contributed by atoms with Gasteiger partial charge in [-0.1, -0.05) is 30.3 Å². The van der Waals surface area contributed by atoms with Gasteiger partial charge >= 0.3 is 0 Å². The Labute approximate surface area is 152 Å². The number of likely N-dealkylation sites (tertiary alicyclic amines) is 1. The van der Waals surface area contributed by atoms with Gasteiger partial charge in [-0.25, -0.2) is 0 Å². The fourth-order valence-corrected chi connectivity index (χ4v) is 3.55. The largest absolute Gasteiger partial charge is 0.483 e. The number of amides is 1. The summed E-state index contributed by atoms with van der Waals surface area (Å²) >= 11 is 0. The minimum Gasteiger partial charge on any atom is -0.483 e. The van der Waals surface area contributed by atoms with Crippen LogP contribution in [0.15, 0.2) is 54.6 Å². The second-order valence-corrected chi connectivity index (χ2v) is 6.47. The lowest BCUT2D eigenvalue weighted by Crippen LogP contribution is -2.28. The lowest BCUT2D eigenvalue weighted by molar-refractivity contribution is -0.123. The Morgan fingerprint density at radius 1 is 1.12 bits per heavy atom. The van der Waals surface area contributed by atoms with E-state index in [1.54, 1.807) is 0 Å². The van der Waals surface area contributed by atoms with Crippen molar-refractivity contribution in [2.75, 3.05) is 19.6 Å². The number of carbonyl (C=O) groups is 2. The number of hydrogen-bond acceptors (Lipinski definition) is 4. The predicted molar refractivity (Wildman–Crippen MR) is 96.9 cm³/mol. The van der Waals surface area contributed by atoms with Crippen molar-refractivity contribution >= 4 is 12.4 Å². The molecule has 2 aliphatic heterocycles. The number of para-hydroxylation sites is 1. The number of carbonyl (C=O) groups excluding carboxylic acids is 1. The summed E-state index contributed by atoms with van der Waals surface area (Å²) in [6.45, 7) is 3.30. The maximum absolute atomic E-state index is 11.8. The van der Waals surface area contributed by atoms with E-state index in [1.807, 2.05) is 42.5 Å². The van der Waals surface area contributed by atoms with Gasteiger partial charge in [0.25, 0.3) is 6.47 Å². The van der Waals surface area contributed by atoms with E-state index in [4.69, 9.17) is 14.6 Å². The summed E-state index contributed by atoms with van der Waals surface area (Å²) in [5, 5.41) is 9.85. The molecule has 4 rings (SSSR count). The number of carboxylic acid groups (broad SMARTS) is 1. The summed E-state index contributed by atoms with van der Waals surface area (Å²) in [7, 11) is 0. The first-order chi connectivity index (χ1) is 12.7. The zero-order valence-electron chi connectivity index (χ0n) is 14.4. The van der Waals surface area contributed by atoms with E-state index < -0.39 is 0 Å². The van der Waals surface area contributed by atoms with E-state index in [2.05, 4.69) is 22.3 Å². The number of benzene rings is 2. The number of fused-ring (bicyclic) bond motifs is 1. The lowest BCUT2D eigenvalue weighted by atomic mass is 10.0. The zero-order valence-corrected chi connectivity index (χ0v) is 14.4. The van der Waals surface area contributed by atoms with Crippen molar-refractivity contribution in [2.24, 2.45) is 11.8 Å². The fourth-order valence-electron chi connectivity index (χ4n) is 3.55. The van der Waals surface area contributed by atoms with Crippen LogP contribution in [-0.4, -0.2) is 42.0 Å². The van der Waals surface area contributed by atoms with Crippen molar-refractivity contribution in [1.82, 2.24) is 10.2 Å². The van der Waals surface area contributed by atoms with Gasteiger partial charge in [0.05, 0.1) is 5.92 Å². The van der Waals surface area contributed by atoms with E-state index >= 15 is 0 Å². The molecule has 6 nitrogen and oxygen atoms in total. The summed E-state index contributed by atoms with van der Waals surface area (Å²) in [5.41, 5.74) is 1.22. The van der Waals surface area contributed by atoms with Crippen molar-refractivity contribution in [1.29, 1.82) is 0 Å². The number of rotatable bonds is 4. The molecule has 2 aliphatic rings. The van der Waals surface area contributed by atoms with Crippen LogP contribution >= 0.6 is 0 Å². The fraction of sp³-hybridized carbons (Fsp3) is 0.300. The third-order valence-electron chi connectivity index (χ3n) is 4.68. The van der Waals surface area contributed by atoms with E-state index in [0.29, 0.717) is 5.92 Å². The van der Waals surface area contributed by atoms with Crippen LogP contribution in [0.2, 0.25) is 0 Å². The van der Waals surface area contributed by atoms with E-state index in [0.717, 1.165) is 37.7 Å². The molecule has 1 amide bonds. The Balaban J connectivity index is 0.000000613. The minimum absolute atomic E-state index is 0.179. The first-order valence-corrected chi connectivity index (χ1v) is 8.59. The molecule has 2 atom stereocenters. The minimum atomic E-state index is -0.250. The second-order valence-electron chi connectivity index (χ2n) is 6.47. The third kappa shape index (κ3) is 4.40. The van der Waals surface area contributed by atoms with Crippen LogP contribution in [0.3, 0.4) is 0 Å². The standard InChI is InChI=1S/C19H20N2O2.CH2O2/c22-19-18-13-21(12-15(18)10-20-19)11-14-5-4-8-17(9-14)23-16-6-2-1-3-7-16;2-1-3/h1-9,15,18H,10-13H2,(H,20,22);1H,(H,2,3)/t15-,18+;/m0./s1. The summed E-state index contributed by atoms with van der Waals surface area (Å²) in [6, 6.07) is 18.0. The van der Waals surface area contributed by atoms with Gasteiger partial charge in [-0.3, -0.25) is 14.5 Å². The molecular formula is C20H22N2O4. The Morgan fingerprint density at radius 2 is 1.85 bits per heavy atom. The summed E-state index contributed by atoms with van der Waals surface area (Å²) < 4.78 is 5.89. The highest BCUT2D eigenvalue weighted by Gasteiger charge is 2.41. The third-order valence-corrected chi connectivity index (χ3v) is 4.68. The van der Waals surface area contributed by atoms with Crippen molar-refractivity contribution in [3.63, 3.8) is 0 Å². The topological polar surface area (TPSA) is 78.9 Å². The molecule has 2 fully saturated rings. The molecule has 0 bridgehead atoms. The highest BCUT2D eigenvalue weighted by molar-refractivity contribution is 5.81. The molecule has 6 heteroatoms. The first-order valence-electron chi connectivity index (χ1n) is 8.59.